The van der Waals surface area contributed by atoms with E-state index in [0.717, 1.165) is 25.2 Å². The van der Waals surface area contributed by atoms with Crippen molar-refractivity contribution in [3.63, 3.8) is 0 Å². The molecule has 2 heterocycles. The number of hydrogen-bond acceptors (Lipinski definition) is 6. The Labute approximate surface area is 135 Å². The second-order valence-electron chi connectivity index (χ2n) is 5.49. The van der Waals surface area contributed by atoms with Gasteiger partial charge in [-0.3, -0.25) is 0 Å². The smallest absolute Gasteiger partial charge is 0.381 e. The molecule has 2 aromatic rings. The fourth-order valence-corrected chi connectivity index (χ4v) is 2.64. The van der Waals surface area contributed by atoms with Gasteiger partial charge in [0.1, 0.15) is 12.1 Å². The SMILES string of the molecule is CN1CCC(Nc2ccc(-c3noc(C(F)(F)SF)n3)cc2)C1. The number of alkyl halides is 2. The van der Waals surface area contributed by atoms with Gasteiger partial charge in [-0.2, -0.15) is 17.7 Å². The molecule has 1 aliphatic heterocycles. The summed E-state index contributed by atoms with van der Waals surface area (Å²) in [6.45, 7) is 2.04. The van der Waals surface area contributed by atoms with Crippen molar-refractivity contribution >= 4 is 17.8 Å². The molecule has 1 fully saturated rings. The van der Waals surface area contributed by atoms with E-state index in [1.165, 1.54) is 0 Å². The molecule has 1 aromatic carbocycles. The minimum absolute atomic E-state index is 0.000810. The van der Waals surface area contributed by atoms with Crippen LogP contribution in [0.5, 0.6) is 0 Å². The minimum atomic E-state index is -3.83. The molecular weight excluding hydrogens is 329 g/mol. The largest absolute Gasteiger partial charge is 0.399 e. The van der Waals surface area contributed by atoms with Crippen LogP contribution in [0.4, 0.5) is 18.4 Å². The van der Waals surface area contributed by atoms with Crippen molar-refractivity contribution in [2.75, 3.05) is 25.5 Å². The summed E-state index contributed by atoms with van der Waals surface area (Å²) in [5, 5.41) is 3.05. The van der Waals surface area contributed by atoms with E-state index in [0.29, 0.717) is 11.6 Å². The number of benzene rings is 1. The first-order valence-corrected chi connectivity index (χ1v) is 7.77. The number of aromatic nitrogens is 2. The molecule has 5 nitrogen and oxygen atoms in total. The Balaban J connectivity index is 1.70. The molecule has 0 bridgehead atoms. The highest BCUT2D eigenvalue weighted by Gasteiger charge is 2.40. The van der Waals surface area contributed by atoms with Crippen molar-refractivity contribution in [3.8, 4) is 11.4 Å². The van der Waals surface area contributed by atoms with Crippen LogP contribution in [0, 0.1) is 0 Å². The molecule has 0 saturated carbocycles. The van der Waals surface area contributed by atoms with Gasteiger partial charge in [0.15, 0.2) is 0 Å². The Bertz CT molecular complexity index is 664. The van der Waals surface area contributed by atoms with Gasteiger partial charge in [0, 0.05) is 23.8 Å². The summed E-state index contributed by atoms with van der Waals surface area (Å²) in [6.07, 6.45) is 1.07. The first-order valence-electron chi connectivity index (χ1n) is 7.05. The summed E-state index contributed by atoms with van der Waals surface area (Å²) in [6, 6.07) is 7.45. The third-order valence-corrected chi connectivity index (χ3v) is 4.05. The van der Waals surface area contributed by atoms with Crippen molar-refractivity contribution in [3.05, 3.63) is 30.2 Å². The Morgan fingerprint density at radius 2 is 2.09 bits per heavy atom. The zero-order chi connectivity index (χ0) is 16.4. The lowest BCUT2D eigenvalue weighted by atomic mass is 10.1. The Morgan fingerprint density at radius 3 is 2.70 bits per heavy atom. The standard InChI is InChI=1S/C14H15F3N4OS/c1-21-7-6-11(8-21)18-10-4-2-9(3-5-10)12-19-13(22-20-12)14(15,16)23-17/h2-5,11,18H,6-8H2,1H3. The van der Waals surface area contributed by atoms with Crippen LogP contribution in [0.1, 0.15) is 12.3 Å². The maximum atomic E-state index is 13.1. The fraction of sp³-hybridized carbons (Fsp3) is 0.429. The van der Waals surface area contributed by atoms with Gasteiger partial charge in [0.2, 0.25) is 5.82 Å². The molecule has 1 atom stereocenters. The van der Waals surface area contributed by atoms with E-state index < -0.39 is 23.3 Å². The number of nitrogens with zero attached hydrogens (tertiary/aromatic N) is 3. The maximum absolute atomic E-state index is 13.1. The van der Waals surface area contributed by atoms with Crippen LogP contribution in [0.15, 0.2) is 28.8 Å². The van der Waals surface area contributed by atoms with E-state index in [1.54, 1.807) is 12.1 Å². The molecule has 3 rings (SSSR count). The number of rotatable bonds is 5. The monoisotopic (exact) mass is 344 g/mol. The summed E-state index contributed by atoms with van der Waals surface area (Å²) >= 11 is -1.13. The van der Waals surface area contributed by atoms with Gasteiger partial charge in [-0.1, -0.05) is 5.16 Å². The zero-order valence-electron chi connectivity index (χ0n) is 12.3. The maximum Gasteiger partial charge on any atom is 0.399 e. The number of likely N-dealkylation sites (N-methyl/N-ethyl adjacent to an activating group) is 1. The summed E-state index contributed by atoms with van der Waals surface area (Å²) in [7, 11) is 2.07. The van der Waals surface area contributed by atoms with Crippen molar-refractivity contribution in [2.24, 2.45) is 0 Å². The molecule has 1 aromatic heterocycles. The van der Waals surface area contributed by atoms with Gasteiger partial charge < -0.3 is 14.7 Å². The lowest BCUT2D eigenvalue weighted by molar-refractivity contribution is 0.0610. The number of nitrogens with one attached hydrogen (secondary N) is 1. The zero-order valence-corrected chi connectivity index (χ0v) is 13.1. The average Bonchev–Trinajstić information content (AvgIpc) is 3.18. The van der Waals surface area contributed by atoms with Crippen LogP contribution in [0.2, 0.25) is 0 Å². The van der Waals surface area contributed by atoms with E-state index in [1.807, 2.05) is 12.1 Å². The van der Waals surface area contributed by atoms with Gasteiger partial charge in [-0.05, 0) is 44.3 Å². The van der Waals surface area contributed by atoms with Crippen molar-refractivity contribution in [2.45, 2.75) is 17.7 Å². The summed E-state index contributed by atoms with van der Waals surface area (Å²) in [4.78, 5) is 5.80. The number of halogens is 3. The summed E-state index contributed by atoms with van der Waals surface area (Å²) < 4.78 is 42.8. The van der Waals surface area contributed by atoms with Gasteiger partial charge in [-0.25, -0.2) is 0 Å². The van der Waals surface area contributed by atoms with Crippen LogP contribution in [-0.2, 0) is 5.25 Å². The Morgan fingerprint density at radius 1 is 1.35 bits per heavy atom. The van der Waals surface area contributed by atoms with Gasteiger partial charge in [-0.15, -0.1) is 0 Å². The second kappa shape index (κ2) is 6.40. The molecule has 0 radical (unpaired) electrons. The van der Waals surface area contributed by atoms with Crippen molar-refractivity contribution in [1.82, 2.24) is 15.0 Å². The van der Waals surface area contributed by atoms with Crippen LogP contribution < -0.4 is 5.32 Å². The Hall–Kier alpha value is -1.74. The molecule has 1 aliphatic rings. The van der Waals surface area contributed by atoms with Crippen LogP contribution in [0.25, 0.3) is 11.4 Å². The number of hydrogen-bond donors (Lipinski definition) is 1. The summed E-state index contributed by atoms with van der Waals surface area (Å²) in [5.74, 6) is -1.04. The van der Waals surface area contributed by atoms with E-state index >= 15 is 0 Å². The molecule has 9 heteroatoms. The van der Waals surface area contributed by atoms with Crippen molar-refractivity contribution in [1.29, 1.82) is 0 Å². The first kappa shape index (κ1) is 16.1. The molecule has 0 amide bonds. The first-order chi connectivity index (χ1) is 11.0. The fourth-order valence-electron chi connectivity index (χ4n) is 2.50. The highest BCUT2D eigenvalue weighted by molar-refractivity contribution is 7.94. The molecule has 23 heavy (non-hydrogen) atoms. The van der Waals surface area contributed by atoms with Gasteiger partial charge >= 0.3 is 11.1 Å². The third kappa shape index (κ3) is 3.61. The third-order valence-electron chi connectivity index (χ3n) is 3.68. The molecule has 1 N–H and O–H groups in total. The lowest BCUT2D eigenvalue weighted by Gasteiger charge is -2.14. The van der Waals surface area contributed by atoms with E-state index in [2.05, 4.69) is 31.9 Å². The molecule has 1 saturated heterocycles. The van der Waals surface area contributed by atoms with Crippen LogP contribution >= 0.6 is 12.1 Å². The van der Waals surface area contributed by atoms with Gasteiger partial charge in [0.25, 0.3) is 0 Å². The molecule has 0 aliphatic carbocycles. The molecule has 1 unspecified atom stereocenters. The lowest BCUT2D eigenvalue weighted by Crippen LogP contribution is -2.23. The van der Waals surface area contributed by atoms with E-state index in [4.69, 9.17) is 0 Å². The molecular formula is C14H15F3N4OS. The predicted octanol–water partition coefficient (Wildman–Crippen LogP) is 3.52. The minimum Gasteiger partial charge on any atom is -0.381 e. The molecule has 0 spiro atoms. The van der Waals surface area contributed by atoms with Crippen LogP contribution in [-0.4, -0.2) is 41.2 Å². The van der Waals surface area contributed by atoms with E-state index in [-0.39, 0.29) is 5.82 Å². The topological polar surface area (TPSA) is 54.2 Å². The van der Waals surface area contributed by atoms with E-state index in [9.17, 15) is 12.7 Å². The van der Waals surface area contributed by atoms with Crippen LogP contribution in [0.3, 0.4) is 0 Å². The number of likely N-dealkylation sites (tertiary alicyclic amines) is 1. The average molecular weight is 344 g/mol. The highest BCUT2D eigenvalue weighted by Crippen LogP contribution is 2.39. The second-order valence-corrected chi connectivity index (χ2v) is 6.15. The predicted molar refractivity (Wildman–Crippen MR) is 81.9 cm³/mol. The highest BCUT2D eigenvalue weighted by atomic mass is 32.2. The summed E-state index contributed by atoms with van der Waals surface area (Å²) in [5.41, 5.74) is 1.45. The normalized spacial score (nSPS) is 19.2. The quantitative estimate of drug-likeness (QED) is 0.896. The number of anilines is 1. The molecule has 124 valence electrons. The Kier molecular flexibility index (Phi) is 4.49. The van der Waals surface area contributed by atoms with Crippen molar-refractivity contribution < 1.29 is 17.2 Å². The van der Waals surface area contributed by atoms with Gasteiger partial charge in [0.05, 0.1) is 0 Å².